The fourth-order valence-electron chi connectivity index (χ4n) is 13.3. The molecule has 5 rings (SSSR count). The third-order valence-electron chi connectivity index (χ3n) is 20.8. The van der Waals surface area contributed by atoms with Crippen molar-refractivity contribution in [2.24, 2.45) is 0 Å². The van der Waals surface area contributed by atoms with Gasteiger partial charge in [0, 0.05) is 124 Å². The van der Waals surface area contributed by atoms with Gasteiger partial charge in [-0.15, -0.1) is 5.10 Å². The lowest BCUT2D eigenvalue weighted by Crippen LogP contribution is -2.50. The van der Waals surface area contributed by atoms with Crippen LogP contribution in [0.1, 0.15) is 94.6 Å². The highest BCUT2D eigenvalue weighted by Crippen LogP contribution is 2.22. The van der Waals surface area contributed by atoms with E-state index in [0.717, 1.165) is 33.5 Å². The van der Waals surface area contributed by atoms with Crippen LogP contribution in [-0.2, 0) is 115 Å². The van der Waals surface area contributed by atoms with E-state index in [1.807, 2.05) is 78.5 Å². The number of hydrogen-bond acceptors (Lipinski definition) is 29. The maximum absolute atomic E-state index is 13.7. The summed E-state index contributed by atoms with van der Waals surface area (Å²) < 4.78 is 64.4. The Morgan fingerprint density at radius 3 is 1.45 bits per heavy atom. The van der Waals surface area contributed by atoms with Crippen LogP contribution < -0.4 is 53.2 Å². The van der Waals surface area contributed by atoms with Gasteiger partial charge in [0.1, 0.15) is 23.8 Å². The monoisotopic (exact) mass is 2050 g/mol. The number of hydrogen-bond donors (Lipinski definition) is 15. The first-order chi connectivity index (χ1) is 65.8. The fourth-order valence-corrected chi connectivity index (χ4v) is 13.9. The molecule has 1 aliphatic rings. The lowest BCUT2D eigenvalue weighted by atomic mass is 10.0. The number of amides is 8. The minimum absolute atomic E-state index is 0.0000661. The average molecular weight is 2050 g/mol. The number of nitrogens with one attached hydrogen (secondary N) is 10. The summed E-state index contributed by atoms with van der Waals surface area (Å²) in [6, 6.07) is 18.3. The molecule has 0 spiro atoms. The second-order valence-corrected chi connectivity index (χ2v) is 33.5. The number of halogens is 1. The van der Waals surface area contributed by atoms with Crippen molar-refractivity contribution < 1.29 is 130 Å². The van der Waals surface area contributed by atoms with Crippen molar-refractivity contribution in [2.75, 3.05) is 262 Å². The first kappa shape index (κ1) is 117. The molecule has 1 saturated heterocycles. The zero-order valence-electron chi connectivity index (χ0n) is 78.2. The molecule has 762 valence electrons. The quantitative estimate of drug-likeness (QED) is 0.0172. The molecule has 0 bridgehead atoms. The molecule has 136 heavy (non-hydrogen) atoms. The first-order valence-electron chi connectivity index (χ1n) is 46.2. The molecule has 4 atom stereocenters. The number of rotatable bonds is 75. The number of carboxylic acid groups (broad SMARTS) is 5. The van der Waals surface area contributed by atoms with E-state index >= 15 is 0 Å². The molecular weight excluding hydrogens is 1910 g/mol. The molecule has 1 fully saturated rings. The highest BCUT2D eigenvalue weighted by atomic mass is 127. The largest absolute Gasteiger partial charge is 0.481 e. The van der Waals surface area contributed by atoms with Gasteiger partial charge in [0.25, 0.3) is 0 Å². The van der Waals surface area contributed by atoms with Crippen LogP contribution in [0.15, 0.2) is 79.0 Å². The van der Waals surface area contributed by atoms with Gasteiger partial charge in [0.05, 0.1) is 178 Å². The minimum atomic E-state index is -1.22. The van der Waals surface area contributed by atoms with Crippen molar-refractivity contribution in [1.29, 1.82) is 0 Å². The molecule has 1 aliphatic heterocycles. The summed E-state index contributed by atoms with van der Waals surface area (Å²) in [6.45, 7) is 11.9. The number of unbranched alkanes of at least 4 members (excludes halogenated alkanes) is 3. The zero-order valence-corrected chi connectivity index (χ0v) is 81.2. The van der Waals surface area contributed by atoms with Crippen molar-refractivity contribution >= 4 is 117 Å². The number of urea groups is 2. The van der Waals surface area contributed by atoms with Crippen LogP contribution in [0.5, 0.6) is 0 Å². The standard InChI is InChI=1S/C90H142IN17O27S/c1-104-32-34-105(2)74(64-107(67-84(116)117)37-36-106(35-33-104)66-83(114)115)61-68-19-23-72(24-20-68)98-90(136)96-29-8-3-13-75(99-79(109)25-39-125-43-47-129-50-46-128-42-38-108-65-78(102-103-108)70-11-9-12-73(63-70)97-88(123)94-28-7-5-15-77(87(121)122)101-89(124)95-30-10-16-82(112)113)85(118)93-31-41-127-45-49-131-52-54-133-56-58-135-60-59-134-57-55-132-53-51-130-48-44-126-40-26-80(110)100-76(86(119)120)14-4-6-27-92-81(111)62-69-17-21-71(91)22-18-69/h9,11-12,17-24,63,65,74-77H,3-8,10,13-16,25-62,64,66-67H2,1-2H3,(H,92,111)(H,93,118)(H,99,109)(H,100,110)(H,112,113)(H,114,115)(H,116,117)(H,119,120)(H,121,122)(H2,94,97,123)(H2,95,101,124)(H2,96,98,136)/t74?,75-,76-,77-/m0/s1. The smallest absolute Gasteiger partial charge is 0.326 e. The van der Waals surface area contributed by atoms with Crippen LogP contribution in [0.2, 0.25) is 0 Å². The number of carbonyl (C=O) groups excluding carboxylic acids is 6. The van der Waals surface area contributed by atoms with Gasteiger partial charge in [-0.05, 0) is 167 Å². The van der Waals surface area contributed by atoms with Crippen molar-refractivity contribution in [3.63, 3.8) is 0 Å². The lowest BCUT2D eigenvalue weighted by Gasteiger charge is -2.36. The van der Waals surface area contributed by atoms with E-state index in [1.54, 1.807) is 29.1 Å². The molecule has 8 amide bonds. The number of carboxylic acids is 5. The van der Waals surface area contributed by atoms with Crippen LogP contribution in [0, 0.1) is 3.57 Å². The SMILES string of the molecule is CN1CCN(CC(=O)O)CCN(CC(=O)O)CC(Cc2ccc(NC(=S)NCCCC[C@H](NC(=O)CCOCCOCCOCCn3cc(-c4cccc(NC(=O)NCCCC[C@H](NC(=O)NCCCC(=O)O)C(=O)O)c4)nn3)C(=O)NCCOCCOCCOCCOCCOCCOCCOCCOCCC(=O)N[C@@H](CCCCNC(=O)Cc3ccc(I)cc3)C(=O)O)cc2)N(C)CC1. The topological polar surface area (TPSA) is 554 Å². The molecule has 2 heterocycles. The summed E-state index contributed by atoms with van der Waals surface area (Å²) in [5.41, 5.74) is 4.48. The van der Waals surface area contributed by atoms with Gasteiger partial charge >= 0.3 is 41.9 Å². The predicted molar refractivity (Wildman–Crippen MR) is 514 cm³/mol. The number of aromatic nitrogens is 3. The summed E-state index contributed by atoms with van der Waals surface area (Å²) >= 11 is 7.86. The van der Waals surface area contributed by atoms with Gasteiger partial charge in [-0.25, -0.2) is 23.9 Å². The molecular formula is C90H142IN17O27S. The van der Waals surface area contributed by atoms with Crippen molar-refractivity contribution in [1.82, 2.24) is 77.1 Å². The number of ether oxygens (including phenoxy) is 11. The summed E-state index contributed by atoms with van der Waals surface area (Å²) in [5.74, 6) is -6.50. The molecule has 44 nitrogen and oxygen atoms in total. The van der Waals surface area contributed by atoms with E-state index < -0.39 is 65.9 Å². The second kappa shape index (κ2) is 73.6. The minimum Gasteiger partial charge on any atom is -0.481 e. The Balaban J connectivity index is 0.913. The van der Waals surface area contributed by atoms with Gasteiger partial charge in [-0.1, -0.05) is 41.6 Å². The molecule has 4 aromatic rings. The number of thiocarbonyl (C=S) groups is 1. The normalized spacial score (nSPS) is 14.2. The Morgan fingerprint density at radius 2 is 0.897 bits per heavy atom. The van der Waals surface area contributed by atoms with E-state index in [9.17, 15) is 73.2 Å². The number of benzene rings is 3. The first-order valence-corrected chi connectivity index (χ1v) is 47.7. The third-order valence-corrected chi connectivity index (χ3v) is 21.8. The van der Waals surface area contributed by atoms with Crippen LogP contribution in [0.25, 0.3) is 11.3 Å². The Bertz CT molecular complexity index is 4080. The Morgan fingerprint density at radius 1 is 0.434 bits per heavy atom. The molecule has 1 unspecified atom stereocenters. The summed E-state index contributed by atoms with van der Waals surface area (Å²) in [4.78, 5) is 142. The number of nitrogens with zero attached hydrogens (tertiary/aromatic N) is 7. The maximum Gasteiger partial charge on any atom is 0.326 e. The van der Waals surface area contributed by atoms with Crippen LogP contribution in [0.4, 0.5) is 21.0 Å². The molecule has 15 N–H and O–H groups in total. The summed E-state index contributed by atoms with van der Waals surface area (Å²) in [7, 11) is 4.06. The Hall–Kier alpha value is -9.61. The van der Waals surface area contributed by atoms with Crippen LogP contribution in [-0.4, -0.2) is 406 Å². The lowest BCUT2D eigenvalue weighted by molar-refractivity contribution is -0.142. The van der Waals surface area contributed by atoms with Gasteiger partial charge in [0.15, 0.2) is 5.11 Å². The zero-order chi connectivity index (χ0) is 98.4. The summed E-state index contributed by atoms with van der Waals surface area (Å²) in [5, 5.41) is 84.0. The Labute approximate surface area is 813 Å². The van der Waals surface area contributed by atoms with Crippen molar-refractivity contribution in [2.45, 2.75) is 127 Å². The van der Waals surface area contributed by atoms with E-state index in [0.29, 0.717) is 212 Å². The van der Waals surface area contributed by atoms with Gasteiger partial charge in [-0.3, -0.25) is 43.4 Å². The van der Waals surface area contributed by atoms with Gasteiger partial charge < -0.3 is 141 Å². The molecule has 46 heteroatoms. The Kier molecular flexibility index (Phi) is 63.2. The number of likely N-dealkylation sites (N-methyl/N-ethyl adjacent to an activating group) is 2. The van der Waals surface area contributed by atoms with Crippen LogP contribution in [0.3, 0.4) is 0 Å². The number of aliphatic carboxylic acids is 5. The second-order valence-electron chi connectivity index (χ2n) is 31.9. The van der Waals surface area contributed by atoms with Crippen molar-refractivity contribution in [3.8, 4) is 11.3 Å². The molecule has 0 saturated carbocycles. The van der Waals surface area contributed by atoms with E-state index in [2.05, 4.69) is 95.9 Å². The van der Waals surface area contributed by atoms with Gasteiger partial charge in [0.2, 0.25) is 23.6 Å². The average Bonchev–Trinajstić information content (AvgIpc) is 1.74. The highest BCUT2D eigenvalue weighted by molar-refractivity contribution is 14.1. The fraction of sp³-hybridized carbons (Fsp3) is 0.644. The predicted octanol–water partition coefficient (Wildman–Crippen LogP) is 2.84. The van der Waals surface area contributed by atoms with Gasteiger partial charge in [-0.2, -0.15) is 0 Å². The molecule has 1 aromatic heterocycles. The molecule has 0 aliphatic carbocycles. The third kappa shape index (κ3) is 58.9. The van der Waals surface area contributed by atoms with E-state index in [4.69, 9.17) is 69.4 Å². The maximum atomic E-state index is 13.7. The summed E-state index contributed by atoms with van der Waals surface area (Å²) in [6.07, 6.45) is 6.47. The van der Waals surface area contributed by atoms with Crippen molar-refractivity contribution in [3.05, 3.63) is 93.7 Å². The number of carbonyl (C=O) groups is 11. The molecule has 3 aromatic carbocycles. The van der Waals surface area contributed by atoms with E-state index in [1.165, 1.54) is 0 Å². The number of anilines is 2. The van der Waals surface area contributed by atoms with Crippen LogP contribution >= 0.6 is 34.8 Å². The van der Waals surface area contributed by atoms with E-state index in [-0.39, 0.29) is 161 Å². The molecule has 0 radical (unpaired) electrons. The highest BCUT2D eigenvalue weighted by Gasteiger charge is 2.27.